The van der Waals surface area contributed by atoms with Crippen LogP contribution in [0.25, 0.3) is 11.0 Å². The summed E-state index contributed by atoms with van der Waals surface area (Å²) in [6, 6.07) is 7.65. The fourth-order valence-corrected chi connectivity index (χ4v) is 3.50. The Morgan fingerprint density at radius 1 is 1.32 bits per heavy atom. The van der Waals surface area contributed by atoms with Gasteiger partial charge in [0.2, 0.25) is 5.91 Å². The van der Waals surface area contributed by atoms with E-state index in [4.69, 9.17) is 32.8 Å². The van der Waals surface area contributed by atoms with Crippen molar-refractivity contribution in [2.75, 3.05) is 5.32 Å². The van der Waals surface area contributed by atoms with E-state index >= 15 is 0 Å². The lowest BCUT2D eigenvalue weighted by atomic mass is 10.1. The van der Waals surface area contributed by atoms with Crippen molar-refractivity contribution in [2.45, 2.75) is 30.7 Å². The molecule has 0 spiro atoms. The molecule has 0 aliphatic rings. The predicted octanol–water partition coefficient (Wildman–Crippen LogP) is 4.36. The van der Waals surface area contributed by atoms with Crippen LogP contribution in [0, 0.1) is 0 Å². The van der Waals surface area contributed by atoms with Crippen LogP contribution in [0.2, 0.25) is 10.0 Å². The minimum atomic E-state index is -0.375. The van der Waals surface area contributed by atoms with Crippen LogP contribution >= 0.6 is 35.0 Å². The minimum Gasteiger partial charge on any atom is -0.333 e. The monoisotopic (exact) mass is 438 g/mol. The number of H-pyrrole nitrogens is 1. The highest BCUT2D eigenvalue weighted by Gasteiger charge is 2.18. The minimum absolute atomic E-state index is 0.212. The fraction of sp³-hybridized carbons (Fsp3) is 0.222. The highest BCUT2D eigenvalue weighted by atomic mass is 35.5. The van der Waals surface area contributed by atoms with Gasteiger partial charge in [-0.3, -0.25) is 4.79 Å². The van der Waals surface area contributed by atoms with E-state index in [1.807, 2.05) is 6.07 Å². The van der Waals surface area contributed by atoms with Crippen LogP contribution in [0.5, 0.6) is 0 Å². The van der Waals surface area contributed by atoms with E-state index in [0.717, 1.165) is 17.5 Å². The van der Waals surface area contributed by atoms with E-state index in [-0.39, 0.29) is 17.3 Å². The van der Waals surface area contributed by atoms with E-state index in [1.54, 1.807) is 6.92 Å². The standard InChI is InChI=1S/C17H16Cl2N4OS.CO2/c1-3-10-4-5-13-14(6-10)22-17(21-13)25-9(2)16(24)23-15-12(19)7-11(18)8-20-15;2-1-3/h4-9H,3H2,1-2H3,(H,21,22)(H,20,23,24);. The summed E-state index contributed by atoms with van der Waals surface area (Å²) in [7, 11) is 0. The molecule has 146 valence electrons. The summed E-state index contributed by atoms with van der Waals surface area (Å²) < 4.78 is 0. The number of halogens is 2. The molecular weight excluding hydrogens is 423 g/mol. The molecule has 3 aromatic rings. The highest BCUT2D eigenvalue weighted by molar-refractivity contribution is 8.00. The van der Waals surface area contributed by atoms with Gasteiger partial charge in [0.05, 0.1) is 26.3 Å². The summed E-state index contributed by atoms with van der Waals surface area (Å²) in [5.41, 5.74) is 3.09. The Morgan fingerprint density at radius 2 is 2.04 bits per heavy atom. The van der Waals surface area contributed by atoms with Gasteiger partial charge in [-0.25, -0.2) is 9.97 Å². The number of hydrogen-bond donors (Lipinski definition) is 2. The third kappa shape index (κ3) is 5.81. The summed E-state index contributed by atoms with van der Waals surface area (Å²) in [5.74, 6) is 0.0807. The zero-order chi connectivity index (χ0) is 20.7. The zero-order valence-electron chi connectivity index (χ0n) is 15.0. The second-order valence-corrected chi connectivity index (χ2v) is 7.74. The van der Waals surface area contributed by atoms with Crippen LogP contribution in [0.15, 0.2) is 35.6 Å². The highest BCUT2D eigenvalue weighted by Crippen LogP contribution is 2.27. The molecule has 1 aromatic carbocycles. The topological polar surface area (TPSA) is 105 Å². The number of thioether (sulfide) groups is 1. The summed E-state index contributed by atoms with van der Waals surface area (Å²) in [4.78, 5) is 40.4. The molecule has 0 saturated heterocycles. The summed E-state index contributed by atoms with van der Waals surface area (Å²) >= 11 is 13.2. The summed E-state index contributed by atoms with van der Waals surface area (Å²) in [6.07, 6.45) is 2.65. The first-order chi connectivity index (χ1) is 13.4. The Hall–Kier alpha value is -2.38. The Kier molecular flexibility index (Phi) is 8.02. The molecule has 2 heterocycles. The molecule has 0 aliphatic heterocycles. The first kappa shape index (κ1) is 21.9. The lowest BCUT2D eigenvalue weighted by Gasteiger charge is -2.11. The molecule has 1 atom stereocenters. The van der Waals surface area contributed by atoms with E-state index in [2.05, 4.69) is 39.3 Å². The second-order valence-electron chi connectivity index (χ2n) is 5.56. The molecule has 28 heavy (non-hydrogen) atoms. The van der Waals surface area contributed by atoms with Crippen LogP contribution in [0.1, 0.15) is 19.4 Å². The average molecular weight is 439 g/mol. The molecule has 3 rings (SSSR count). The number of aryl methyl sites for hydroxylation is 1. The van der Waals surface area contributed by atoms with Crippen LogP contribution in [0.4, 0.5) is 5.82 Å². The van der Waals surface area contributed by atoms with Gasteiger partial charge in [0.15, 0.2) is 11.0 Å². The first-order valence-corrected chi connectivity index (χ1v) is 9.78. The molecule has 2 N–H and O–H groups in total. The van der Waals surface area contributed by atoms with Gasteiger partial charge in [-0.2, -0.15) is 9.59 Å². The number of amides is 1. The van der Waals surface area contributed by atoms with Crippen molar-refractivity contribution >= 4 is 63.9 Å². The number of benzene rings is 1. The Bertz CT molecular complexity index is 1020. The molecule has 1 amide bonds. The number of aromatic nitrogens is 3. The van der Waals surface area contributed by atoms with Crippen molar-refractivity contribution in [2.24, 2.45) is 0 Å². The smallest absolute Gasteiger partial charge is 0.333 e. The van der Waals surface area contributed by atoms with Crippen LogP contribution in [0.3, 0.4) is 0 Å². The predicted molar refractivity (Wildman–Crippen MR) is 109 cm³/mol. The van der Waals surface area contributed by atoms with Crippen molar-refractivity contribution in [1.29, 1.82) is 0 Å². The summed E-state index contributed by atoms with van der Waals surface area (Å²) in [6.45, 7) is 3.91. The molecular formula is C18H16Cl2N4O3S. The zero-order valence-corrected chi connectivity index (χ0v) is 17.3. The largest absolute Gasteiger partial charge is 0.373 e. The Labute approximate surface area is 175 Å². The van der Waals surface area contributed by atoms with Crippen molar-refractivity contribution in [3.05, 3.63) is 46.1 Å². The molecule has 0 aliphatic carbocycles. The Morgan fingerprint density at radius 3 is 2.68 bits per heavy atom. The van der Waals surface area contributed by atoms with Gasteiger partial charge in [0.1, 0.15) is 0 Å². The molecule has 10 heteroatoms. The third-order valence-electron chi connectivity index (χ3n) is 3.64. The van der Waals surface area contributed by atoms with Crippen LogP contribution < -0.4 is 5.32 Å². The molecule has 1 unspecified atom stereocenters. The van der Waals surface area contributed by atoms with Crippen molar-refractivity contribution in [3.63, 3.8) is 0 Å². The molecule has 0 fully saturated rings. The lowest BCUT2D eigenvalue weighted by molar-refractivity contribution is -0.191. The van der Waals surface area contributed by atoms with E-state index in [0.29, 0.717) is 21.0 Å². The van der Waals surface area contributed by atoms with Crippen molar-refractivity contribution in [3.8, 4) is 0 Å². The number of pyridine rings is 1. The van der Waals surface area contributed by atoms with Crippen molar-refractivity contribution in [1.82, 2.24) is 15.0 Å². The summed E-state index contributed by atoms with van der Waals surface area (Å²) in [5, 5.41) is 3.74. The van der Waals surface area contributed by atoms with Crippen LogP contribution in [-0.4, -0.2) is 32.3 Å². The van der Waals surface area contributed by atoms with Gasteiger partial charge in [0, 0.05) is 6.20 Å². The van der Waals surface area contributed by atoms with E-state index in [9.17, 15) is 4.79 Å². The number of hydrogen-bond acceptors (Lipinski definition) is 6. The quantitative estimate of drug-likeness (QED) is 0.573. The molecule has 2 aromatic heterocycles. The molecule has 0 saturated carbocycles. The first-order valence-electron chi connectivity index (χ1n) is 8.14. The maximum Gasteiger partial charge on any atom is 0.373 e. The maximum atomic E-state index is 12.4. The van der Waals surface area contributed by atoms with Crippen LogP contribution in [-0.2, 0) is 20.8 Å². The number of imidazole rings is 1. The number of carbonyl (C=O) groups is 1. The number of anilines is 1. The average Bonchev–Trinajstić information content (AvgIpc) is 3.05. The van der Waals surface area contributed by atoms with Crippen molar-refractivity contribution < 1.29 is 14.4 Å². The number of carbonyl (C=O) groups excluding carboxylic acids is 3. The van der Waals surface area contributed by atoms with E-state index in [1.165, 1.54) is 29.6 Å². The van der Waals surface area contributed by atoms with Gasteiger partial charge >= 0.3 is 6.15 Å². The Balaban J connectivity index is 0.000000878. The lowest BCUT2D eigenvalue weighted by Crippen LogP contribution is -2.23. The number of aromatic amines is 1. The maximum absolute atomic E-state index is 12.4. The van der Waals surface area contributed by atoms with E-state index < -0.39 is 0 Å². The number of nitrogens with one attached hydrogen (secondary N) is 2. The third-order valence-corrected chi connectivity index (χ3v) is 5.12. The molecule has 0 bridgehead atoms. The molecule has 0 radical (unpaired) electrons. The number of nitrogens with zero attached hydrogens (tertiary/aromatic N) is 2. The van der Waals surface area contributed by atoms with Gasteiger partial charge in [-0.1, -0.05) is 48.0 Å². The van der Waals surface area contributed by atoms with Gasteiger partial charge in [-0.15, -0.1) is 0 Å². The van der Waals surface area contributed by atoms with Gasteiger partial charge in [0.25, 0.3) is 0 Å². The molecule has 7 nitrogen and oxygen atoms in total. The second kappa shape index (κ2) is 10.2. The SMILES string of the molecule is CCc1ccc2nc(SC(C)C(=O)Nc3ncc(Cl)cc3Cl)[nH]c2c1.O=C=O. The number of fused-ring (bicyclic) bond motifs is 1. The normalized spacial score (nSPS) is 11.3. The van der Waals surface area contributed by atoms with Gasteiger partial charge in [-0.05, 0) is 37.1 Å². The number of rotatable bonds is 5. The fourth-order valence-electron chi connectivity index (χ4n) is 2.25. The van der Waals surface area contributed by atoms with Gasteiger partial charge < -0.3 is 10.3 Å².